The normalized spacial score (nSPS) is 17.7. The third kappa shape index (κ3) is 5.33. The highest BCUT2D eigenvalue weighted by Gasteiger charge is 2.28. The zero-order chi connectivity index (χ0) is 22.7. The van der Waals surface area contributed by atoms with Crippen LogP contribution in [0.15, 0.2) is 58.3 Å². The number of fused-ring (bicyclic) bond motifs is 1. The summed E-state index contributed by atoms with van der Waals surface area (Å²) in [6.45, 7) is 3.66. The molecule has 0 saturated carbocycles. The zero-order valence-electron chi connectivity index (χ0n) is 18.1. The smallest absolute Gasteiger partial charge is 0.242 e. The van der Waals surface area contributed by atoms with Crippen molar-refractivity contribution >= 4 is 39.1 Å². The Kier molecular flexibility index (Phi) is 6.88. The lowest BCUT2D eigenvalue weighted by molar-refractivity contribution is -0.131. The fourth-order valence-corrected chi connectivity index (χ4v) is 5.61. The van der Waals surface area contributed by atoms with E-state index in [1.807, 2.05) is 41.3 Å². The van der Waals surface area contributed by atoms with Gasteiger partial charge in [0.25, 0.3) is 0 Å². The van der Waals surface area contributed by atoms with Gasteiger partial charge in [0.2, 0.25) is 11.8 Å². The average molecular weight is 474 g/mol. The van der Waals surface area contributed by atoms with Crippen molar-refractivity contribution in [3.05, 3.63) is 54.1 Å². The number of carbonyl (C=O) groups is 2. The molecule has 2 aliphatic heterocycles. The van der Waals surface area contributed by atoms with E-state index in [9.17, 15) is 18.0 Å². The second kappa shape index (κ2) is 9.64. The van der Waals surface area contributed by atoms with Crippen molar-refractivity contribution in [2.75, 3.05) is 49.6 Å². The molecule has 0 aromatic heterocycles. The number of carbonyl (C=O) groups excluding carboxylic acids is 2. The molecule has 0 radical (unpaired) electrons. The maximum absolute atomic E-state index is 13.0. The van der Waals surface area contributed by atoms with Crippen LogP contribution in [0.4, 0.5) is 5.69 Å². The summed E-state index contributed by atoms with van der Waals surface area (Å²) >= 11 is 1.51. The number of hydrogen-bond acceptors (Lipinski definition) is 6. The molecule has 2 aliphatic rings. The Morgan fingerprint density at radius 2 is 1.75 bits per heavy atom. The van der Waals surface area contributed by atoms with Crippen LogP contribution in [-0.4, -0.2) is 74.8 Å². The second-order valence-electron chi connectivity index (χ2n) is 8.16. The first-order chi connectivity index (χ1) is 15.3. The van der Waals surface area contributed by atoms with Crippen LogP contribution < -0.4 is 4.90 Å². The minimum atomic E-state index is -3.20. The molecular weight excluding hydrogens is 446 g/mol. The molecule has 0 atom stereocenters. The first-order valence-electron chi connectivity index (χ1n) is 10.6. The minimum Gasteiger partial charge on any atom is -0.340 e. The van der Waals surface area contributed by atoms with Crippen LogP contribution in [0.25, 0.3) is 0 Å². The lowest BCUT2D eigenvalue weighted by Crippen LogP contribution is -2.46. The summed E-state index contributed by atoms with van der Waals surface area (Å²) in [6.07, 6.45) is 2.06. The van der Waals surface area contributed by atoms with Gasteiger partial charge in [0.1, 0.15) is 6.54 Å². The van der Waals surface area contributed by atoms with Crippen molar-refractivity contribution in [3.8, 4) is 0 Å². The largest absolute Gasteiger partial charge is 0.340 e. The van der Waals surface area contributed by atoms with E-state index in [4.69, 9.17) is 0 Å². The van der Waals surface area contributed by atoms with Gasteiger partial charge in [0.15, 0.2) is 9.84 Å². The van der Waals surface area contributed by atoms with Gasteiger partial charge in [-0.25, -0.2) is 8.42 Å². The molecule has 0 aliphatic carbocycles. The van der Waals surface area contributed by atoms with Crippen molar-refractivity contribution in [2.45, 2.75) is 22.8 Å². The quantitative estimate of drug-likeness (QED) is 0.663. The summed E-state index contributed by atoms with van der Waals surface area (Å²) in [5.74, 6) is 0.298. The number of nitrogens with zero attached hydrogens (tertiary/aromatic N) is 3. The Morgan fingerprint density at radius 3 is 2.50 bits per heavy atom. The van der Waals surface area contributed by atoms with Gasteiger partial charge in [-0.2, -0.15) is 0 Å². The van der Waals surface area contributed by atoms with Crippen molar-refractivity contribution in [3.63, 3.8) is 0 Å². The number of para-hydroxylation sites is 1. The molecule has 7 nitrogen and oxygen atoms in total. The Bertz CT molecular complexity index is 1100. The van der Waals surface area contributed by atoms with Crippen LogP contribution in [0.3, 0.4) is 0 Å². The van der Waals surface area contributed by atoms with E-state index in [-0.39, 0.29) is 18.4 Å². The van der Waals surface area contributed by atoms with Crippen LogP contribution in [-0.2, 0) is 26.0 Å². The number of anilines is 1. The first kappa shape index (κ1) is 22.8. The summed E-state index contributed by atoms with van der Waals surface area (Å²) in [6, 6.07) is 14.7. The predicted molar refractivity (Wildman–Crippen MR) is 126 cm³/mol. The van der Waals surface area contributed by atoms with Gasteiger partial charge >= 0.3 is 0 Å². The minimum absolute atomic E-state index is 0.0283. The molecular formula is C23H27N3O4S2. The van der Waals surface area contributed by atoms with Gasteiger partial charge in [0.05, 0.1) is 16.3 Å². The van der Waals surface area contributed by atoms with Crippen LogP contribution >= 0.6 is 11.8 Å². The Morgan fingerprint density at radius 1 is 1.00 bits per heavy atom. The highest BCUT2D eigenvalue weighted by atomic mass is 32.2. The van der Waals surface area contributed by atoms with Crippen LogP contribution in [0.2, 0.25) is 0 Å². The van der Waals surface area contributed by atoms with Gasteiger partial charge < -0.3 is 9.80 Å². The third-order valence-electron chi connectivity index (χ3n) is 5.80. The Labute approximate surface area is 193 Å². The van der Waals surface area contributed by atoms with E-state index < -0.39 is 9.84 Å². The molecule has 2 heterocycles. The molecule has 170 valence electrons. The lowest BCUT2D eigenvalue weighted by atomic mass is 10.2. The topological polar surface area (TPSA) is 78.0 Å². The predicted octanol–water partition coefficient (Wildman–Crippen LogP) is 2.26. The average Bonchev–Trinajstić information content (AvgIpc) is 3.01. The van der Waals surface area contributed by atoms with E-state index in [1.165, 1.54) is 18.0 Å². The molecule has 2 amide bonds. The Hall–Kier alpha value is -2.36. The maximum Gasteiger partial charge on any atom is 0.242 e. The highest BCUT2D eigenvalue weighted by Crippen LogP contribution is 2.34. The summed E-state index contributed by atoms with van der Waals surface area (Å²) in [4.78, 5) is 32.6. The lowest BCUT2D eigenvalue weighted by Gasteiger charge is -2.30. The fourth-order valence-electron chi connectivity index (χ4n) is 4.04. The van der Waals surface area contributed by atoms with E-state index in [0.29, 0.717) is 30.3 Å². The standard InChI is InChI=1S/C23H27N3O4S2/c1-32(29,30)19-9-7-18(8-10-19)15-24-11-4-12-25(14-13-24)22(27)16-26-20-5-2-3-6-21(20)31-17-23(26)28/h2-3,5-10H,4,11-17H2,1H3. The van der Waals surface area contributed by atoms with Gasteiger partial charge in [-0.05, 0) is 36.2 Å². The molecule has 2 aromatic rings. The molecule has 1 saturated heterocycles. The molecule has 2 aromatic carbocycles. The van der Waals surface area contributed by atoms with Gasteiger partial charge in [-0.1, -0.05) is 24.3 Å². The molecule has 4 rings (SSSR count). The number of hydrogen-bond donors (Lipinski definition) is 0. The third-order valence-corrected chi connectivity index (χ3v) is 7.98. The number of sulfone groups is 1. The number of benzene rings is 2. The summed E-state index contributed by atoms with van der Waals surface area (Å²) in [5, 5.41) is 0. The summed E-state index contributed by atoms with van der Waals surface area (Å²) in [5.41, 5.74) is 1.86. The SMILES string of the molecule is CS(=O)(=O)c1ccc(CN2CCCN(C(=O)CN3C(=O)CSc4ccccc43)CC2)cc1. The molecule has 32 heavy (non-hydrogen) atoms. The molecule has 0 spiro atoms. The summed E-state index contributed by atoms with van der Waals surface area (Å²) in [7, 11) is -3.20. The number of rotatable bonds is 5. The highest BCUT2D eigenvalue weighted by molar-refractivity contribution is 8.00. The first-order valence-corrected chi connectivity index (χ1v) is 13.5. The van der Waals surface area contributed by atoms with Crippen LogP contribution in [0.5, 0.6) is 0 Å². The molecule has 1 fully saturated rings. The number of amides is 2. The van der Waals surface area contributed by atoms with E-state index in [1.54, 1.807) is 17.0 Å². The monoisotopic (exact) mass is 473 g/mol. The molecule has 0 bridgehead atoms. The van der Waals surface area contributed by atoms with E-state index in [0.717, 1.165) is 35.7 Å². The van der Waals surface area contributed by atoms with Gasteiger partial charge in [-0.15, -0.1) is 11.8 Å². The summed E-state index contributed by atoms with van der Waals surface area (Å²) < 4.78 is 23.3. The fraction of sp³-hybridized carbons (Fsp3) is 0.391. The number of thioether (sulfide) groups is 1. The van der Waals surface area contributed by atoms with Crippen molar-refractivity contribution in [2.24, 2.45) is 0 Å². The van der Waals surface area contributed by atoms with Crippen LogP contribution in [0, 0.1) is 0 Å². The molecule has 9 heteroatoms. The van der Waals surface area contributed by atoms with E-state index in [2.05, 4.69) is 4.90 Å². The van der Waals surface area contributed by atoms with E-state index >= 15 is 0 Å². The zero-order valence-corrected chi connectivity index (χ0v) is 19.7. The van der Waals surface area contributed by atoms with Crippen molar-refractivity contribution in [1.29, 1.82) is 0 Å². The second-order valence-corrected chi connectivity index (χ2v) is 11.2. The molecule has 0 N–H and O–H groups in total. The van der Waals surface area contributed by atoms with Crippen molar-refractivity contribution in [1.82, 2.24) is 9.80 Å². The maximum atomic E-state index is 13.0. The van der Waals surface area contributed by atoms with Crippen molar-refractivity contribution < 1.29 is 18.0 Å². The van der Waals surface area contributed by atoms with Gasteiger partial charge in [0, 0.05) is 43.9 Å². The molecule has 0 unspecified atom stereocenters. The van der Waals surface area contributed by atoms with Crippen LogP contribution in [0.1, 0.15) is 12.0 Å². The van der Waals surface area contributed by atoms with Gasteiger partial charge in [-0.3, -0.25) is 14.5 Å². The Balaban J connectivity index is 1.35.